The lowest BCUT2D eigenvalue weighted by Crippen LogP contribution is -2.12. The molecule has 1 unspecified atom stereocenters. The molecule has 7 rings (SSSR count). The first kappa shape index (κ1) is 30.4. The van der Waals surface area contributed by atoms with Crippen molar-refractivity contribution in [1.82, 2.24) is 4.98 Å². The van der Waals surface area contributed by atoms with Crippen molar-refractivity contribution in [3.8, 4) is 11.5 Å². The van der Waals surface area contributed by atoms with Crippen LogP contribution in [-0.2, 0) is 19.0 Å². The van der Waals surface area contributed by atoms with Crippen LogP contribution in [0.1, 0.15) is 47.4 Å². The van der Waals surface area contributed by atoms with Crippen LogP contribution in [-0.4, -0.2) is 19.2 Å². The smallest absolute Gasteiger partial charge is 0.416 e. The second-order valence-corrected chi connectivity index (χ2v) is 11.3. The van der Waals surface area contributed by atoms with E-state index in [1.165, 1.54) is 28.0 Å². The van der Waals surface area contributed by atoms with E-state index in [-0.39, 0.29) is 5.92 Å². The van der Waals surface area contributed by atoms with E-state index in [0.29, 0.717) is 24.5 Å². The lowest BCUT2D eigenvalue weighted by molar-refractivity contribution is -0.137. The van der Waals surface area contributed by atoms with Crippen molar-refractivity contribution in [2.24, 2.45) is 0 Å². The van der Waals surface area contributed by atoms with E-state index in [0.717, 1.165) is 58.4 Å². The third kappa shape index (κ3) is 6.17. The highest BCUT2D eigenvalue weighted by molar-refractivity contribution is 6.13. The Morgan fingerprint density at radius 1 is 0.800 bits per heavy atom. The van der Waals surface area contributed by atoms with Crippen LogP contribution in [0.25, 0.3) is 32.3 Å². The van der Waals surface area contributed by atoms with Crippen LogP contribution in [0.15, 0.2) is 97.3 Å². The zero-order valence-corrected chi connectivity index (χ0v) is 25.1. The lowest BCUT2D eigenvalue weighted by Gasteiger charge is -2.28. The minimum absolute atomic E-state index is 0.219. The highest BCUT2D eigenvalue weighted by atomic mass is 19.4. The molecule has 6 aromatic rings. The monoisotopic (exact) mass is 611 g/mol. The Kier molecular flexibility index (Phi) is 8.61. The van der Waals surface area contributed by atoms with E-state index in [4.69, 9.17) is 9.47 Å². The maximum atomic E-state index is 14.4. The Morgan fingerprint density at radius 2 is 1.60 bits per heavy atom. The number of aromatic nitrogens is 1. The summed E-state index contributed by atoms with van der Waals surface area (Å²) in [6.07, 6.45) is 3.12. The van der Waals surface area contributed by atoms with Gasteiger partial charge in [0.15, 0.2) is 0 Å². The quantitative estimate of drug-likeness (QED) is 0.144. The van der Waals surface area contributed by atoms with Gasteiger partial charge in [-0.2, -0.15) is 13.2 Å². The van der Waals surface area contributed by atoms with Crippen molar-refractivity contribution in [3.63, 3.8) is 0 Å². The molecule has 0 amide bonds. The first-order chi connectivity index (χ1) is 21.8. The summed E-state index contributed by atoms with van der Waals surface area (Å²) in [6, 6.07) is 25.4. The predicted octanol–water partition coefficient (Wildman–Crippen LogP) is 10.5. The maximum Gasteiger partial charge on any atom is 0.416 e. The van der Waals surface area contributed by atoms with Crippen LogP contribution in [0, 0.1) is 5.82 Å². The van der Waals surface area contributed by atoms with Crippen molar-refractivity contribution in [2.75, 3.05) is 14.2 Å². The van der Waals surface area contributed by atoms with E-state index < -0.39 is 17.6 Å². The van der Waals surface area contributed by atoms with E-state index in [1.54, 1.807) is 14.2 Å². The van der Waals surface area contributed by atoms with Gasteiger partial charge in [-0.15, -0.1) is 0 Å². The standard InChI is InChI=1S/C29H26F4O2.C9H7N/c1-34-26-8-4-7-23-22-14-13-20-17(5-3-6-21(20)24(22)16-27(35-2)28(23)26)9-10-18-11-12-19(15-25(18)30)29(31,32)33;1-2-4-9-7-10-6-5-8(9)3-1/h4,7-8,11-17H,3,5-6,9-10H2,1-2H3;1-7H. The van der Waals surface area contributed by atoms with Crippen LogP contribution in [0.4, 0.5) is 17.6 Å². The number of rotatable bonds is 5. The van der Waals surface area contributed by atoms with Crippen molar-refractivity contribution in [1.29, 1.82) is 0 Å². The number of fused-ring (bicyclic) bond motifs is 6. The second-order valence-electron chi connectivity index (χ2n) is 11.3. The van der Waals surface area contributed by atoms with Crippen LogP contribution >= 0.6 is 0 Å². The SMILES string of the molecule is COc1cccc2c1c(OC)cc1c3c(ccc12)C(CCc1ccc(C(F)(F)F)cc1F)CCC3.c1ccc2cnccc2c1. The van der Waals surface area contributed by atoms with Gasteiger partial charge in [-0.05, 0) is 112 Å². The van der Waals surface area contributed by atoms with Crippen LogP contribution in [0.3, 0.4) is 0 Å². The van der Waals surface area contributed by atoms with Gasteiger partial charge in [0.05, 0.1) is 25.2 Å². The number of pyridine rings is 1. The molecule has 0 spiro atoms. The van der Waals surface area contributed by atoms with Crippen molar-refractivity contribution >= 4 is 32.3 Å². The lowest BCUT2D eigenvalue weighted by atomic mass is 9.77. The first-order valence-electron chi connectivity index (χ1n) is 15.0. The fourth-order valence-electron chi connectivity index (χ4n) is 6.55. The molecule has 0 aliphatic heterocycles. The molecule has 5 aromatic carbocycles. The summed E-state index contributed by atoms with van der Waals surface area (Å²) < 4.78 is 64.4. The van der Waals surface area contributed by atoms with Gasteiger partial charge in [-0.3, -0.25) is 4.98 Å². The Labute approximate surface area is 259 Å². The Morgan fingerprint density at radius 3 is 2.33 bits per heavy atom. The number of alkyl halides is 3. The molecule has 0 N–H and O–H groups in total. The molecule has 0 saturated carbocycles. The topological polar surface area (TPSA) is 31.4 Å². The molecule has 0 saturated heterocycles. The zero-order chi connectivity index (χ0) is 31.6. The number of aryl methyl sites for hydroxylation is 2. The highest BCUT2D eigenvalue weighted by Crippen LogP contribution is 2.44. The third-order valence-corrected chi connectivity index (χ3v) is 8.78. The number of halogens is 4. The molecule has 1 aliphatic carbocycles. The molecule has 0 bridgehead atoms. The molecule has 3 nitrogen and oxygen atoms in total. The molecule has 230 valence electrons. The minimum Gasteiger partial charge on any atom is -0.496 e. The Bertz CT molecular complexity index is 1920. The molecule has 1 heterocycles. The third-order valence-electron chi connectivity index (χ3n) is 8.78. The van der Waals surface area contributed by atoms with E-state index in [1.807, 2.05) is 42.7 Å². The summed E-state index contributed by atoms with van der Waals surface area (Å²) >= 11 is 0. The normalized spacial score (nSPS) is 14.6. The zero-order valence-electron chi connectivity index (χ0n) is 25.1. The van der Waals surface area contributed by atoms with Gasteiger partial charge in [0, 0.05) is 12.4 Å². The molecular weight excluding hydrogens is 578 g/mol. The number of hydrogen-bond acceptors (Lipinski definition) is 3. The predicted molar refractivity (Wildman–Crippen MR) is 172 cm³/mol. The number of ether oxygens (including phenoxy) is 2. The van der Waals surface area contributed by atoms with Gasteiger partial charge in [-0.25, -0.2) is 4.39 Å². The fraction of sp³-hybridized carbons (Fsp3) is 0.237. The van der Waals surface area contributed by atoms with Crippen LogP contribution < -0.4 is 9.47 Å². The van der Waals surface area contributed by atoms with E-state index in [9.17, 15) is 17.6 Å². The van der Waals surface area contributed by atoms with Gasteiger partial charge < -0.3 is 9.47 Å². The first-order valence-corrected chi connectivity index (χ1v) is 15.0. The minimum atomic E-state index is -4.54. The highest BCUT2D eigenvalue weighted by Gasteiger charge is 2.31. The summed E-state index contributed by atoms with van der Waals surface area (Å²) in [5, 5.41) is 6.73. The molecule has 1 atom stereocenters. The number of nitrogens with zero attached hydrogens (tertiary/aromatic N) is 1. The van der Waals surface area contributed by atoms with Gasteiger partial charge in [0.25, 0.3) is 0 Å². The Hall–Kier alpha value is -4.65. The Balaban J connectivity index is 0.000000301. The van der Waals surface area contributed by atoms with E-state index >= 15 is 0 Å². The van der Waals surface area contributed by atoms with E-state index in [2.05, 4.69) is 41.4 Å². The van der Waals surface area contributed by atoms with Crippen molar-refractivity contribution in [2.45, 2.75) is 44.2 Å². The van der Waals surface area contributed by atoms with Gasteiger partial charge in [0.2, 0.25) is 0 Å². The van der Waals surface area contributed by atoms with Gasteiger partial charge in [0.1, 0.15) is 17.3 Å². The van der Waals surface area contributed by atoms with Crippen LogP contribution in [0.2, 0.25) is 0 Å². The molecule has 45 heavy (non-hydrogen) atoms. The molecule has 0 fully saturated rings. The number of hydrogen-bond donors (Lipinski definition) is 0. The largest absolute Gasteiger partial charge is 0.496 e. The summed E-state index contributed by atoms with van der Waals surface area (Å²) in [6.45, 7) is 0. The molecule has 1 aliphatic rings. The maximum absolute atomic E-state index is 14.4. The number of methoxy groups -OCH3 is 2. The molecule has 0 radical (unpaired) electrons. The average Bonchev–Trinajstić information content (AvgIpc) is 3.06. The van der Waals surface area contributed by atoms with Gasteiger partial charge in [-0.1, -0.05) is 54.6 Å². The van der Waals surface area contributed by atoms with Gasteiger partial charge >= 0.3 is 6.18 Å². The van der Waals surface area contributed by atoms with Crippen molar-refractivity contribution in [3.05, 3.63) is 125 Å². The molecule has 1 aromatic heterocycles. The summed E-state index contributed by atoms with van der Waals surface area (Å²) in [5.74, 6) is 0.944. The summed E-state index contributed by atoms with van der Waals surface area (Å²) in [4.78, 5) is 4.01. The fourth-order valence-corrected chi connectivity index (χ4v) is 6.55. The van der Waals surface area contributed by atoms with Crippen LogP contribution in [0.5, 0.6) is 11.5 Å². The summed E-state index contributed by atoms with van der Waals surface area (Å²) in [5.41, 5.74) is 1.88. The molecular formula is C38H33F4NO2. The number of benzene rings is 5. The average molecular weight is 612 g/mol. The second kappa shape index (κ2) is 12.8. The van der Waals surface area contributed by atoms with Crippen molar-refractivity contribution < 1.29 is 27.0 Å². The molecule has 7 heteroatoms. The summed E-state index contributed by atoms with van der Waals surface area (Å²) in [7, 11) is 3.30.